The van der Waals surface area contributed by atoms with Crippen LogP contribution in [-0.4, -0.2) is 0 Å². The highest BCUT2D eigenvalue weighted by Gasteiger charge is 2.25. The van der Waals surface area contributed by atoms with Gasteiger partial charge >= 0.3 is 0 Å². The van der Waals surface area contributed by atoms with Crippen molar-refractivity contribution in [2.24, 2.45) is 5.92 Å². The second kappa shape index (κ2) is 6.59. The number of hydrogen-bond acceptors (Lipinski definition) is 0. The number of rotatable bonds is 6. The van der Waals surface area contributed by atoms with Crippen LogP contribution in [0.15, 0.2) is 48.5 Å². The fraction of sp³-hybridized carbons (Fsp3) is 0.417. The summed E-state index contributed by atoms with van der Waals surface area (Å²) in [6.07, 6.45) is 7.97. The monoisotopic (exact) mass is 316 g/mol. The molecule has 1 aliphatic carbocycles. The van der Waals surface area contributed by atoms with E-state index in [1.165, 1.54) is 60.1 Å². The van der Waals surface area contributed by atoms with Crippen molar-refractivity contribution in [1.29, 1.82) is 0 Å². The van der Waals surface area contributed by atoms with Gasteiger partial charge in [-0.1, -0.05) is 88.1 Å². The summed E-state index contributed by atoms with van der Waals surface area (Å²) in [5.74, 6) is 1.56. The van der Waals surface area contributed by atoms with E-state index in [4.69, 9.17) is 0 Å². The first kappa shape index (κ1) is 15.7. The fourth-order valence-corrected chi connectivity index (χ4v) is 4.74. The SMILES string of the molecule is CCCCC(CC)CC1Cc2cccc3ccc4cccc1c4c23. The lowest BCUT2D eigenvalue weighted by Crippen LogP contribution is -2.14. The molecule has 4 rings (SSSR count). The first-order valence-corrected chi connectivity index (χ1v) is 9.75. The molecule has 0 radical (unpaired) electrons. The van der Waals surface area contributed by atoms with Gasteiger partial charge in [-0.15, -0.1) is 0 Å². The van der Waals surface area contributed by atoms with Gasteiger partial charge < -0.3 is 0 Å². The van der Waals surface area contributed by atoms with Gasteiger partial charge in [-0.05, 0) is 57.3 Å². The normalized spacial score (nSPS) is 17.7. The van der Waals surface area contributed by atoms with Crippen molar-refractivity contribution in [1.82, 2.24) is 0 Å². The highest BCUT2D eigenvalue weighted by atomic mass is 14.3. The van der Waals surface area contributed by atoms with Crippen molar-refractivity contribution in [2.45, 2.75) is 58.3 Å². The molecule has 0 spiro atoms. The van der Waals surface area contributed by atoms with E-state index in [2.05, 4.69) is 62.4 Å². The van der Waals surface area contributed by atoms with E-state index in [0.717, 1.165) is 5.92 Å². The Morgan fingerprint density at radius 3 is 2.42 bits per heavy atom. The lowest BCUT2D eigenvalue weighted by Gasteiger charge is -2.29. The van der Waals surface area contributed by atoms with Crippen LogP contribution in [0.5, 0.6) is 0 Å². The highest BCUT2D eigenvalue weighted by molar-refractivity contribution is 6.11. The van der Waals surface area contributed by atoms with Gasteiger partial charge in [0.2, 0.25) is 0 Å². The third-order valence-electron chi connectivity index (χ3n) is 6.07. The standard InChI is InChI=1S/C24H28/c1-3-5-8-17(4-2)15-21-16-20-11-6-9-18-13-14-19-10-7-12-22(21)24(19)23(18)20/h6-7,9-14,17,21H,3-5,8,15-16H2,1-2H3. The molecule has 3 aromatic carbocycles. The highest BCUT2D eigenvalue weighted by Crippen LogP contribution is 2.43. The second-order valence-corrected chi connectivity index (χ2v) is 7.58. The molecule has 24 heavy (non-hydrogen) atoms. The summed E-state index contributed by atoms with van der Waals surface area (Å²) < 4.78 is 0. The largest absolute Gasteiger partial charge is 0.0654 e. The maximum Gasteiger partial charge on any atom is -0.00676 e. The molecular formula is C24H28. The summed E-state index contributed by atoms with van der Waals surface area (Å²) in [6, 6.07) is 18.4. The molecule has 124 valence electrons. The third kappa shape index (κ3) is 2.62. The first-order valence-electron chi connectivity index (χ1n) is 9.75. The Morgan fingerprint density at radius 2 is 1.67 bits per heavy atom. The minimum atomic E-state index is 0.691. The molecule has 0 fully saturated rings. The Bertz CT molecular complexity index is 858. The van der Waals surface area contributed by atoms with E-state index < -0.39 is 0 Å². The maximum atomic E-state index is 2.40. The van der Waals surface area contributed by atoms with Crippen molar-refractivity contribution in [3.8, 4) is 0 Å². The minimum Gasteiger partial charge on any atom is -0.0654 e. The van der Waals surface area contributed by atoms with E-state index in [-0.39, 0.29) is 0 Å². The number of benzene rings is 3. The smallest absolute Gasteiger partial charge is 0.00676 e. The number of hydrogen-bond donors (Lipinski definition) is 0. The summed E-state index contributed by atoms with van der Waals surface area (Å²) in [5.41, 5.74) is 3.17. The van der Waals surface area contributed by atoms with Crippen LogP contribution in [0.3, 0.4) is 0 Å². The van der Waals surface area contributed by atoms with E-state index in [1.807, 2.05) is 0 Å². The van der Waals surface area contributed by atoms with E-state index >= 15 is 0 Å². The predicted octanol–water partition coefficient (Wildman–Crippen LogP) is 7.24. The third-order valence-corrected chi connectivity index (χ3v) is 6.07. The van der Waals surface area contributed by atoms with Crippen LogP contribution in [0, 0.1) is 5.92 Å². The molecule has 0 nitrogen and oxygen atoms in total. The fourth-order valence-electron chi connectivity index (χ4n) is 4.74. The van der Waals surface area contributed by atoms with Crippen LogP contribution >= 0.6 is 0 Å². The van der Waals surface area contributed by atoms with Gasteiger partial charge in [-0.25, -0.2) is 0 Å². The molecule has 0 bridgehead atoms. The van der Waals surface area contributed by atoms with Crippen molar-refractivity contribution in [3.05, 3.63) is 59.7 Å². The summed E-state index contributed by atoms with van der Waals surface area (Å²) in [7, 11) is 0. The molecule has 0 heteroatoms. The van der Waals surface area contributed by atoms with Gasteiger partial charge in [0, 0.05) is 0 Å². The van der Waals surface area contributed by atoms with E-state index in [1.54, 1.807) is 11.1 Å². The molecule has 0 heterocycles. The zero-order valence-corrected chi connectivity index (χ0v) is 15.0. The van der Waals surface area contributed by atoms with Gasteiger partial charge in [-0.2, -0.15) is 0 Å². The minimum absolute atomic E-state index is 0.691. The quantitative estimate of drug-likeness (QED) is 0.420. The molecule has 2 atom stereocenters. The van der Waals surface area contributed by atoms with E-state index in [0.29, 0.717) is 5.92 Å². The summed E-state index contributed by atoms with van der Waals surface area (Å²) in [4.78, 5) is 0. The molecule has 0 amide bonds. The van der Waals surface area contributed by atoms with Crippen molar-refractivity contribution in [3.63, 3.8) is 0 Å². The molecule has 0 saturated carbocycles. The zero-order valence-electron chi connectivity index (χ0n) is 15.0. The van der Waals surface area contributed by atoms with Crippen molar-refractivity contribution < 1.29 is 0 Å². The molecule has 3 aromatic rings. The average Bonchev–Trinajstić information content (AvgIpc) is 2.63. The lowest BCUT2D eigenvalue weighted by atomic mass is 9.75. The Kier molecular flexibility index (Phi) is 4.31. The van der Waals surface area contributed by atoms with Crippen molar-refractivity contribution in [2.75, 3.05) is 0 Å². The van der Waals surface area contributed by atoms with Crippen LogP contribution in [0.1, 0.15) is 63.0 Å². The van der Waals surface area contributed by atoms with Crippen molar-refractivity contribution >= 4 is 21.5 Å². The predicted molar refractivity (Wildman–Crippen MR) is 106 cm³/mol. The second-order valence-electron chi connectivity index (χ2n) is 7.58. The Balaban J connectivity index is 1.80. The van der Waals surface area contributed by atoms with Gasteiger partial charge in [0.25, 0.3) is 0 Å². The zero-order chi connectivity index (χ0) is 16.5. The first-order chi connectivity index (χ1) is 11.8. The van der Waals surface area contributed by atoms with Crippen LogP contribution in [0.25, 0.3) is 21.5 Å². The van der Waals surface area contributed by atoms with Gasteiger partial charge in [0.05, 0.1) is 0 Å². The van der Waals surface area contributed by atoms with Gasteiger partial charge in [0.15, 0.2) is 0 Å². The van der Waals surface area contributed by atoms with Gasteiger partial charge in [-0.3, -0.25) is 0 Å². The molecule has 0 N–H and O–H groups in total. The number of unbranched alkanes of at least 4 members (excludes halogenated alkanes) is 1. The molecule has 1 aliphatic rings. The Labute approximate surface area is 145 Å². The molecule has 0 aromatic heterocycles. The van der Waals surface area contributed by atoms with Gasteiger partial charge in [0.1, 0.15) is 0 Å². The summed E-state index contributed by atoms with van der Waals surface area (Å²) in [6.45, 7) is 4.68. The maximum absolute atomic E-state index is 2.40. The summed E-state index contributed by atoms with van der Waals surface area (Å²) in [5, 5.41) is 5.87. The molecule has 0 saturated heterocycles. The van der Waals surface area contributed by atoms with Crippen LogP contribution in [0.4, 0.5) is 0 Å². The lowest BCUT2D eigenvalue weighted by molar-refractivity contribution is 0.384. The molecule has 2 unspecified atom stereocenters. The van der Waals surface area contributed by atoms with Crippen LogP contribution < -0.4 is 0 Å². The Morgan fingerprint density at radius 1 is 0.917 bits per heavy atom. The van der Waals surface area contributed by atoms with Crippen LogP contribution in [0.2, 0.25) is 0 Å². The topological polar surface area (TPSA) is 0 Å². The van der Waals surface area contributed by atoms with Crippen LogP contribution in [-0.2, 0) is 6.42 Å². The van der Waals surface area contributed by atoms with E-state index in [9.17, 15) is 0 Å². The average molecular weight is 316 g/mol. The summed E-state index contributed by atoms with van der Waals surface area (Å²) >= 11 is 0. The Hall–Kier alpha value is -1.82. The molecule has 0 aliphatic heterocycles. The molecular weight excluding hydrogens is 288 g/mol.